The van der Waals surface area contributed by atoms with Crippen LogP contribution in [0.1, 0.15) is 17.5 Å². The minimum absolute atomic E-state index is 0. The number of ether oxygens (including phenoxy) is 3. The summed E-state index contributed by atoms with van der Waals surface area (Å²) < 4.78 is 17.6. The number of carbonyl (C=O) groups is 1. The van der Waals surface area contributed by atoms with Crippen LogP contribution in [0.5, 0.6) is 11.5 Å². The van der Waals surface area contributed by atoms with E-state index in [4.69, 9.17) is 14.2 Å². The molecule has 0 radical (unpaired) electrons. The van der Waals surface area contributed by atoms with Gasteiger partial charge >= 0.3 is 0 Å². The van der Waals surface area contributed by atoms with Gasteiger partial charge in [0.15, 0.2) is 18.1 Å². The molecule has 33 heavy (non-hydrogen) atoms. The molecule has 0 spiro atoms. The molecule has 9 heteroatoms. The lowest BCUT2D eigenvalue weighted by Gasteiger charge is -2.26. The van der Waals surface area contributed by atoms with Gasteiger partial charge < -0.3 is 24.8 Å². The van der Waals surface area contributed by atoms with Crippen molar-refractivity contribution in [3.05, 3.63) is 51.1 Å². The van der Waals surface area contributed by atoms with E-state index in [-0.39, 0.29) is 24.9 Å². The summed E-state index contributed by atoms with van der Waals surface area (Å²) in [6.07, 6.45) is 1.10. The molecule has 3 rings (SSSR count). The maximum absolute atomic E-state index is 12.3. The van der Waals surface area contributed by atoms with Crippen molar-refractivity contribution in [2.45, 2.75) is 19.9 Å². The third kappa shape index (κ3) is 9.29. The third-order valence-corrected chi connectivity index (χ3v) is 6.03. The first-order chi connectivity index (χ1) is 15.5. The molecular formula is C24H33ClIN3O4. The van der Waals surface area contributed by atoms with Crippen molar-refractivity contribution >= 4 is 46.6 Å². The number of methoxy groups -OCH3 is 1. The van der Waals surface area contributed by atoms with Gasteiger partial charge in [0.25, 0.3) is 5.91 Å². The molecule has 2 N–H and O–H groups in total. The van der Waals surface area contributed by atoms with Crippen LogP contribution < -0.4 is 20.1 Å². The molecule has 1 fully saturated rings. The van der Waals surface area contributed by atoms with Gasteiger partial charge in [-0.25, -0.2) is 0 Å². The van der Waals surface area contributed by atoms with Gasteiger partial charge in [0.1, 0.15) is 0 Å². The van der Waals surface area contributed by atoms with E-state index in [1.54, 1.807) is 7.11 Å². The van der Waals surface area contributed by atoms with Crippen molar-refractivity contribution in [2.24, 2.45) is 0 Å². The summed E-state index contributed by atoms with van der Waals surface area (Å²) in [5.41, 5.74) is 3.01. The summed E-state index contributed by atoms with van der Waals surface area (Å²) in [6, 6.07) is 11.7. The molecule has 0 bridgehead atoms. The second-order valence-electron chi connectivity index (χ2n) is 7.80. The molecular weight excluding hydrogens is 557 g/mol. The Bertz CT molecular complexity index is 877. The lowest BCUT2D eigenvalue weighted by Crippen LogP contribution is -2.37. The van der Waals surface area contributed by atoms with E-state index in [1.165, 1.54) is 0 Å². The van der Waals surface area contributed by atoms with Crippen molar-refractivity contribution in [1.29, 1.82) is 0 Å². The van der Waals surface area contributed by atoms with Crippen LogP contribution in [0, 0.1) is 10.5 Å². The molecule has 0 unspecified atom stereocenters. The Morgan fingerprint density at radius 2 is 1.91 bits per heavy atom. The smallest absolute Gasteiger partial charge is 0.262 e. The Kier molecular flexibility index (Phi) is 12.3. The number of morpholine rings is 1. The van der Waals surface area contributed by atoms with Gasteiger partial charge in [-0.15, -0.1) is 12.4 Å². The quantitative estimate of drug-likeness (QED) is 0.307. The highest BCUT2D eigenvalue weighted by atomic mass is 127. The molecule has 0 saturated carbocycles. The Morgan fingerprint density at radius 1 is 1.18 bits per heavy atom. The van der Waals surface area contributed by atoms with Gasteiger partial charge in [-0.3, -0.25) is 9.69 Å². The lowest BCUT2D eigenvalue weighted by molar-refractivity contribution is -0.118. The Labute approximate surface area is 216 Å². The van der Waals surface area contributed by atoms with Crippen LogP contribution in [0.3, 0.4) is 0 Å². The SMILES string of the molecule is COc1cc(CNCCCN2CCOCC2)cc(I)c1OCC(=O)Nc1ccc(C)cc1.Cl. The number of amides is 1. The fraction of sp³-hybridized carbons (Fsp3) is 0.458. The number of anilines is 1. The normalized spacial score (nSPS) is 13.8. The van der Waals surface area contributed by atoms with Crippen molar-refractivity contribution in [3.8, 4) is 11.5 Å². The van der Waals surface area contributed by atoms with Crippen LogP contribution in [0.15, 0.2) is 36.4 Å². The highest BCUT2D eigenvalue weighted by molar-refractivity contribution is 14.1. The minimum Gasteiger partial charge on any atom is -0.493 e. The van der Waals surface area contributed by atoms with E-state index in [0.29, 0.717) is 11.5 Å². The van der Waals surface area contributed by atoms with Gasteiger partial charge in [-0.2, -0.15) is 0 Å². The summed E-state index contributed by atoms with van der Waals surface area (Å²) >= 11 is 2.22. The molecule has 2 aromatic carbocycles. The highest BCUT2D eigenvalue weighted by Gasteiger charge is 2.14. The molecule has 1 saturated heterocycles. The standard InChI is InChI=1S/C24H32IN3O4.ClH/c1-18-4-6-20(7-5-18)27-23(29)17-32-24-21(25)14-19(15-22(24)30-2)16-26-8-3-9-28-10-12-31-13-11-28;/h4-7,14-15,26H,3,8-13,16-17H2,1-2H3,(H,27,29);1H. The fourth-order valence-corrected chi connectivity index (χ4v) is 4.29. The van der Waals surface area contributed by atoms with Crippen molar-refractivity contribution in [3.63, 3.8) is 0 Å². The number of hydrogen-bond donors (Lipinski definition) is 2. The van der Waals surface area contributed by atoms with E-state index >= 15 is 0 Å². The lowest BCUT2D eigenvalue weighted by atomic mass is 10.2. The predicted molar refractivity (Wildman–Crippen MR) is 142 cm³/mol. The first-order valence-corrected chi connectivity index (χ1v) is 12.0. The first-order valence-electron chi connectivity index (χ1n) is 10.9. The van der Waals surface area contributed by atoms with Crippen molar-refractivity contribution in [2.75, 3.05) is 58.4 Å². The number of carbonyl (C=O) groups excluding carboxylic acids is 1. The fourth-order valence-electron chi connectivity index (χ4n) is 3.47. The average Bonchev–Trinajstić information content (AvgIpc) is 2.80. The van der Waals surface area contributed by atoms with Crippen molar-refractivity contribution < 1.29 is 19.0 Å². The molecule has 0 atom stereocenters. The zero-order valence-corrected chi connectivity index (χ0v) is 22.2. The van der Waals surface area contributed by atoms with Crippen LogP contribution in [0.25, 0.3) is 0 Å². The summed E-state index contributed by atoms with van der Waals surface area (Å²) in [5.74, 6) is 1.01. The van der Waals surface area contributed by atoms with E-state index in [9.17, 15) is 4.79 Å². The van der Waals surface area contributed by atoms with E-state index < -0.39 is 0 Å². The van der Waals surface area contributed by atoms with Gasteiger partial charge in [-0.1, -0.05) is 17.7 Å². The summed E-state index contributed by atoms with van der Waals surface area (Å²) in [6.45, 7) is 8.46. The van der Waals surface area contributed by atoms with Crippen LogP contribution in [-0.2, 0) is 16.1 Å². The van der Waals surface area contributed by atoms with Crippen LogP contribution in [0.2, 0.25) is 0 Å². The van der Waals surface area contributed by atoms with Crippen LogP contribution in [-0.4, -0.2) is 63.9 Å². The average molecular weight is 590 g/mol. The zero-order chi connectivity index (χ0) is 22.8. The number of nitrogens with zero attached hydrogens (tertiary/aromatic N) is 1. The number of nitrogens with one attached hydrogen (secondary N) is 2. The maximum atomic E-state index is 12.3. The predicted octanol–water partition coefficient (Wildman–Crippen LogP) is 3.86. The monoisotopic (exact) mass is 589 g/mol. The van der Waals surface area contributed by atoms with Gasteiger partial charge in [0.2, 0.25) is 0 Å². The van der Waals surface area contributed by atoms with Crippen LogP contribution in [0.4, 0.5) is 5.69 Å². The third-order valence-electron chi connectivity index (χ3n) is 5.23. The summed E-state index contributed by atoms with van der Waals surface area (Å²) in [5, 5.41) is 6.34. The number of halogens is 2. The largest absolute Gasteiger partial charge is 0.493 e. The van der Waals surface area contributed by atoms with Crippen LogP contribution >= 0.6 is 35.0 Å². The second-order valence-corrected chi connectivity index (χ2v) is 8.96. The molecule has 7 nitrogen and oxygen atoms in total. The van der Waals surface area contributed by atoms with E-state index in [2.05, 4.69) is 44.2 Å². The van der Waals surface area contributed by atoms with Gasteiger partial charge in [-0.05, 0) is 78.9 Å². The first kappa shape index (κ1) is 27.7. The zero-order valence-electron chi connectivity index (χ0n) is 19.2. The minimum atomic E-state index is -0.210. The number of benzene rings is 2. The molecule has 0 aromatic heterocycles. The van der Waals surface area contributed by atoms with Crippen molar-refractivity contribution in [1.82, 2.24) is 10.2 Å². The Balaban J connectivity index is 0.00000385. The molecule has 1 aliphatic heterocycles. The molecule has 182 valence electrons. The Hall–Kier alpha value is -1.59. The molecule has 0 aliphatic carbocycles. The molecule has 2 aromatic rings. The molecule has 1 amide bonds. The second kappa shape index (κ2) is 14.6. The van der Waals surface area contributed by atoms with E-state index in [1.807, 2.05) is 37.3 Å². The topological polar surface area (TPSA) is 72.1 Å². The number of aryl methyl sites for hydroxylation is 1. The maximum Gasteiger partial charge on any atom is 0.262 e. The van der Waals surface area contributed by atoms with Gasteiger partial charge in [0, 0.05) is 25.3 Å². The van der Waals surface area contributed by atoms with E-state index in [0.717, 1.165) is 72.7 Å². The highest BCUT2D eigenvalue weighted by Crippen LogP contribution is 2.34. The molecule has 1 heterocycles. The summed E-state index contributed by atoms with van der Waals surface area (Å²) in [7, 11) is 1.62. The summed E-state index contributed by atoms with van der Waals surface area (Å²) in [4.78, 5) is 14.7. The molecule has 1 aliphatic rings. The number of rotatable bonds is 11. The Morgan fingerprint density at radius 3 is 2.61 bits per heavy atom. The van der Waals surface area contributed by atoms with Gasteiger partial charge in [0.05, 0.1) is 23.9 Å². The number of hydrogen-bond acceptors (Lipinski definition) is 6.